The Morgan fingerprint density at radius 1 is 1.29 bits per heavy atom. The molecule has 0 aromatic carbocycles. The number of hydrogen-bond acceptors (Lipinski definition) is 5. The van der Waals surface area contributed by atoms with Gasteiger partial charge in [0.05, 0.1) is 6.10 Å². The lowest BCUT2D eigenvalue weighted by Gasteiger charge is -2.24. The summed E-state index contributed by atoms with van der Waals surface area (Å²) in [6.45, 7) is 2.45. The topological polar surface area (TPSA) is 107 Å². The second kappa shape index (κ2) is 5.69. The predicted octanol–water partition coefficient (Wildman–Crippen LogP) is -2.21. The summed E-state index contributed by atoms with van der Waals surface area (Å²) in [6, 6.07) is -1.21. The summed E-state index contributed by atoms with van der Waals surface area (Å²) >= 11 is 0. The molecule has 0 aliphatic heterocycles. The van der Waals surface area contributed by atoms with Crippen molar-refractivity contribution in [3.8, 4) is 0 Å². The number of nitrogens with one attached hydrogen (secondary N) is 1. The third kappa shape index (κ3) is 3.82. The van der Waals surface area contributed by atoms with E-state index in [9.17, 15) is 19.8 Å². The van der Waals surface area contributed by atoms with Crippen LogP contribution in [-0.4, -0.2) is 51.9 Å². The van der Waals surface area contributed by atoms with Gasteiger partial charge in [0.25, 0.3) is 0 Å². The smallest absolute Gasteiger partial charge is 0.217 e. The van der Waals surface area contributed by atoms with Crippen molar-refractivity contribution in [1.82, 2.24) is 5.32 Å². The minimum Gasteiger partial charge on any atom is -0.391 e. The molecular formula is C8H15NO5. The quantitative estimate of drug-likeness (QED) is 0.381. The molecule has 0 saturated heterocycles. The SMILES string of the molecule is CC(=O)N[C@H](C=O)[C@@H](O)[C@H](O)[C@@H](C)O. The van der Waals surface area contributed by atoms with Gasteiger partial charge < -0.3 is 25.4 Å². The van der Waals surface area contributed by atoms with Crippen molar-refractivity contribution in [1.29, 1.82) is 0 Å². The minimum atomic E-state index is -1.52. The van der Waals surface area contributed by atoms with Crippen LogP contribution in [0.4, 0.5) is 0 Å². The zero-order chi connectivity index (χ0) is 11.3. The minimum absolute atomic E-state index is 0.303. The molecule has 6 heteroatoms. The number of aliphatic hydroxyl groups excluding tert-OH is 3. The molecule has 0 spiro atoms. The number of carbonyl (C=O) groups is 2. The van der Waals surface area contributed by atoms with E-state index in [1.165, 1.54) is 13.8 Å². The molecule has 0 aliphatic rings. The van der Waals surface area contributed by atoms with Crippen molar-refractivity contribution in [2.75, 3.05) is 0 Å². The molecule has 0 saturated carbocycles. The maximum Gasteiger partial charge on any atom is 0.217 e. The Kier molecular flexibility index (Phi) is 5.29. The van der Waals surface area contributed by atoms with Gasteiger partial charge >= 0.3 is 0 Å². The molecule has 0 rings (SSSR count). The van der Waals surface area contributed by atoms with Crippen LogP contribution < -0.4 is 5.32 Å². The zero-order valence-corrected chi connectivity index (χ0v) is 8.04. The standard InChI is InChI=1S/C8H15NO5/c1-4(11)7(13)8(14)6(3-10)9-5(2)12/h3-4,6-8,11,13-14H,1-2H3,(H,9,12)/t4-,6-,7-,8-/m1/s1. The molecule has 6 nitrogen and oxygen atoms in total. The fourth-order valence-electron chi connectivity index (χ4n) is 0.932. The van der Waals surface area contributed by atoms with E-state index in [0.29, 0.717) is 6.29 Å². The molecule has 0 unspecified atom stereocenters. The van der Waals surface area contributed by atoms with E-state index in [0.717, 1.165) is 0 Å². The van der Waals surface area contributed by atoms with Gasteiger partial charge in [0, 0.05) is 6.92 Å². The summed E-state index contributed by atoms with van der Waals surface area (Å²) in [4.78, 5) is 21.0. The van der Waals surface area contributed by atoms with Crippen LogP contribution in [0.25, 0.3) is 0 Å². The first-order valence-corrected chi connectivity index (χ1v) is 4.16. The highest BCUT2D eigenvalue weighted by Crippen LogP contribution is 2.03. The lowest BCUT2D eigenvalue weighted by atomic mass is 10.0. The van der Waals surface area contributed by atoms with Crippen LogP contribution in [-0.2, 0) is 9.59 Å². The highest BCUT2D eigenvalue weighted by molar-refractivity contribution is 5.77. The molecule has 0 heterocycles. The van der Waals surface area contributed by atoms with Gasteiger partial charge in [-0.3, -0.25) is 4.79 Å². The van der Waals surface area contributed by atoms with Crippen molar-refractivity contribution < 1.29 is 24.9 Å². The van der Waals surface area contributed by atoms with Gasteiger partial charge in [-0.2, -0.15) is 0 Å². The number of aldehydes is 1. The molecule has 82 valence electrons. The molecule has 0 aromatic rings. The van der Waals surface area contributed by atoms with Gasteiger partial charge in [0.2, 0.25) is 5.91 Å². The summed E-state index contributed by atoms with van der Waals surface area (Å²) < 4.78 is 0. The summed E-state index contributed by atoms with van der Waals surface area (Å²) in [5, 5.41) is 29.6. The molecule has 0 radical (unpaired) electrons. The fraction of sp³-hybridized carbons (Fsp3) is 0.750. The van der Waals surface area contributed by atoms with Crippen molar-refractivity contribution >= 4 is 12.2 Å². The average Bonchev–Trinajstić information content (AvgIpc) is 2.11. The third-order valence-corrected chi connectivity index (χ3v) is 1.73. The van der Waals surface area contributed by atoms with Crippen molar-refractivity contribution in [2.24, 2.45) is 0 Å². The van der Waals surface area contributed by atoms with Gasteiger partial charge in [-0.05, 0) is 6.92 Å². The first kappa shape index (κ1) is 13.0. The molecular weight excluding hydrogens is 190 g/mol. The van der Waals surface area contributed by atoms with Crippen molar-refractivity contribution in [3.63, 3.8) is 0 Å². The molecule has 14 heavy (non-hydrogen) atoms. The summed E-state index contributed by atoms with van der Waals surface area (Å²) in [5.74, 6) is -0.501. The summed E-state index contributed by atoms with van der Waals surface area (Å²) in [5.41, 5.74) is 0. The summed E-state index contributed by atoms with van der Waals surface area (Å²) in [6.07, 6.45) is -3.87. The Bertz CT molecular complexity index is 206. The molecule has 0 aromatic heterocycles. The van der Waals surface area contributed by atoms with Gasteiger partial charge in [0.1, 0.15) is 24.5 Å². The first-order valence-electron chi connectivity index (χ1n) is 4.16. The van der Waals surface area contributed by atoms with Crippen molar-refractivity contribution in [3.05, 3.63) is 0 Å². The van der Waals surface area contributed by atoms with Gasteiger partial charge in [-0.15, -0.1) is 0 Å². The molecule has 0 bridgehead atoms. The Hall–Kier alpha value is -0.980. The Morgan fingerprint density at radius 3 is 2.07 bits per heavy atom. The second-order valence-corrected chi connectivity index (χ2v) is 3.08. The van der Waals surface area contributed by atoms with E-state index < -0.39 is 30.3 Å². The van der Waals surface area contributed by atoms with Crippen LogP contribution in [0.1, 0.15) is 13.8 Å². The maximum absolute atomic E-state index is 10.6. The highest BCUT2D eigenvalue weighted by Gasteiger charge is 2.29. The average molecular weight is 205 g/mol. The third-order valence-electron chi connectivity index (χ3n) is 1.73. The number of rotatable bonds is 5. The van der Waals surface area contributed by atoms with E-state index >= 15 is 0 Å². The lowest BCUT2D eigenvalue weighted by Crippen LogP contribution is -2.51. The number of carbonyl (C=O) groups excluding carboxylic acids is 2. The van der Waals surface area contributed by atoms with Crippen LogP contribution in [0.3, 0.4) is 0 Å². The molecule has 4 atom stereocenters. The first-order chi connectivity index (χ1) is 6.40. The highest BCUT2D eigenvalue weighted by atomic mass is 16.4. The zero-order valence-electron chi connectivity index (χ0n) is 8.04. The summed E-state index contributed by atoms with van der Waals surface area (Å²) in [7, 11) is 0. The van der Waals surface area contributed by atoms with Crippen LogP contribution >= 0.6 is 0 Å². The van der Waals surface area contributed by atoms with E-state index in [-0.39, 0.29) is 0 Å². The lowest BCUT2D eigenvalue weighted by molar-refractivity contribution is -0.128. The van der Waals surface area contributed by atoms with Crippen LogP contribution in [0, 0.1) is 0 Å². The second-order valence-electron chi connectivity index (χ2n) is 3.08. The fourth-order valence-corrected chi connectivity index (χ4v) is 0.932. The van der Waals surface area contributed by atoms with Gasteiger partial charge in [0.15, 0.2) is 0 Å². The largest absolute Gasteiger partial charge is 0.391 e. The normalized spacial score (nSPS) is 19.2. The molecule has 0 aliphatic carbocycles. The molecule has 4 N–H and O–H groups in total. The van der Waals surface area contributed by atoms with Crippen molar-refractivity contribution in [2.45, 2.75) is 38.2 Å². The number of aliphatic hydroxyl groups is 3. The molecule has 1 amide bonds. The number of hydrogen-bond donors (Lipinski definition) is 4. The Morgan fingerprint density at radius 2 is 1.79 bits per heavy atom. The van der Waals surface area contributed by atoms with E-state index in [1.807, 2.05) is 0 Å². The predicted molar refractivity (Wildman–Crippen MR) is 47.4 cm³/mol. The van der Waals surface area contributed by atoms with E-state index in [4.69, 9.17) is 5.11 Å². The van der Waals surface area contributed by atoms with E-state index in [2.05, 4.69) is 5.32 Å². The van der Waals surface area contributed by atoms with Crippen LogP contribution in [0.15, 0.2) is 0 Å². The van der Waals surface area contributed by atoms with Gasteiger partial charge in [-0.25, -0.2) is 0 Å². The Balaban J connectivity index is 4.36. The monoisotopic (exact) mass is 205 g/mol. The van der Waals surface area contributed by atoms with Gasteiger partial charge in [-0.1, -0.05) is 0 Å². The Labute approximate surface area is 81.5 Å². The number of amides is 1. The maximum atomic E-state index is 10.6. The van der Waals surface area contributed by atoms with E-state index in [1.54, 1.807) is 0 Å². The molecule has 0 fully saturated rings. The van der Waals surface area contributed by atoms with Crippen LogP contribution in [0.2, 0.25) is 0 Å². The van der Waals surface area contributed by atoms with Crippen LogP contribution in [0.5, 0.6) is 0 Å².